The molecular formula is C16H23NO2. The molecule has 1 unspecified atom stereocenters. The van der Waals surface area contributed by atoms with Gasteiger partial charge >= 0.3 is 0 Å². The van der Waals surface area contributed by atoms with E-state index in [1.807, 2.05) is 0 Å². The van der Waals surface area contributed by atoms with Gasteiger partial charge in [-0.2, -0.15) is 0 Å². The van der Waals surface area contributed by atoms with E-state index in [1.165, 1.54) is 24.1 Å². The fourth-order valence-electron chi connectivity index (χ4n) is 3.40. The fourth-order valence-corrected chi connectivity index (χ4v) is 3.40. The van der Waals surface area contributed by atoms with E-state index in [9.17, 15) is 5.11 Å². The summed E-state index contributed by atoms with van der Waals surface area (Å²) >= 11 is 0. The third-order valence-corrected chi connectivity index (χ3v) is 4.46. The number of para-hydroxylation sites is 1. The van der Waals surface area contributed by atoms with Crippen LogP contribution in [0, 0.1) is 5.92 Å². The smallest absolute Gasteiger partial charge is 0.0469 e. The summed E-state index contributed by atoms with van der Waals surface area (Å²) in [5.74, 6) is 1.26. The first-order valence-electron chi connectivity index (χ1n) is 7.41. The standard InChI is InChI=1S/C16H23NO2/c18-8-5-14-12-17(11-13-6-9-19-10-7-13)16-4-2-1-3-15(14)16/h1-4,13-14,18H,5-12H2. The molecule has 1 saturated heterocycles. The van der Waals surface area contributed by atoms with Crippen molar-refractivity contribution in [2.24, 2.45) is 5.92 Å². The number of rotatable bonds is 4. The number of aliphatic hydroxyl groups is 1. The molecule has 2 aliphatic heterocycles. The van der Waals surface area contributed by atoms with Gasteiger partial charge in [-0.3, -0.25) is 0 Å². The lowest BCUT2D eigenvalue weighted by Crippen LogP contribution is -2.31. The second-order valence-corrected chi connectivity index (χ2v) is 5.73. The van der Waals surface area contributed by atoms with Gasteiger partial charge in [-0.05, 0) is 36.8 Å². The van der Waals surface area contributed by atoms with Crippen LogP contribution in [0.5, 0.6) is 0 Å². The van der Waals surface area contributed by atoms with Crippen molar-refractivity contribution in [1.29, 1.82) is 0 Å². The van der Waals surface area contributed by atoms with E-state index >= 15 is 0 Å². The molecule has 1 atom stereocenters. The number of benzene rings is 1. The molecule has 104 valence electrons. The van der Waals surface area contributed by atoms with Crippen LogP contribution < -0.4 is 4.90 Å². The number of nitrogens with zero attached hydrogens (tertiary/aromatic N) is 1. The maximum atomic E-state index is 9.22. The summed E-state index contributed by atoms with van der Waals surface area (Å²) in [7, 11) is 0. The number of hydrogen-bond donors (Lipinski definition) is 1. The third-order valence-electron chi connectivity index (χ3n) is 4.46. The van der Waals surface area contributed by atoms with Crippen LogP contribution in [-0.2, 0) is 4.74 Å². The van der Waals surface area contributed by atoms with Crippen LogP contribution in [-0.4, -0.2) is 38.0 Å². The molecule has 1 N–H and O–H groups in total. The van der Waals surface area contributed by atoms with Gasteiger partial charge in [0.05, 0.1) is 0 Å². The maximum absolute atomic E-state index is 9.22. The average Bonchev–Trinajstić information content (AvgIpc) is 2.79. The van der Waals surface area contributed by atoms with Gasteiger partial charge in [0.1, 0.15) is 0 Å². The highest BCUT2D eigenvalue weighted by Crippen LogP contribution is 2.38. The summed E-state index contributed by atoms with van der Waals surface area (Å²) in [6, 6.07) is 8.68. The molecule has 0 aliphatic carbocycles. The summed E-state index contributed by atoms with van der Waals surface area (Å²) < 4.78 is 5.44. The van der Waals surface area contributed by atoms with Crippen LogP contribution in [0.25, 0.3) is 0 Å². The lowest BCUT2D eigenvalue weighted by Gasteiger charge is -2.29. The van der Waals surface area contributed by atoms with Gasteiger partial charge in [-0.25, -0.2) is 0 Å². The molecule has 0 radical (unpaired) electrons. The minimum atomic E-state index is 0.282. The van der Waals surface area contributed by atoms with Crippen LogP contribution in [0.15, 0.2) is 24.3 Å². The fraction of sp³-hybridized carbons (Fsp3) is 0.625. The number of ether oxygens (including phenoxy) is 1. The van der Waals surface area contributed by atoms with Crippen molar-refractivity contribution in [2.45, 2.75) is 25.2 Å². The minimum Gasteiger partial charge on any atom is -0.396 e. The Morgan fingerprint density at radius 1 is 1.21 bits per heavy atom. The molecule has 3 rings (SSSR count). The third kappa shape index (κ3) is 2.77. The van der Waals surface area contributed by atoms with Gasteiger partial charge in [-0.15, -0.1) is 0 Å². The summed E-state index contributed by atoms with van der Waals surface area (Å²) in [6.07, 6.45) is 3.24. The Morgan fingerprint density at radius 3 is 2.79 bits per heavy atom. The van der Waals surface area contributed by atoms with Gasteiger partial charge in [0.15, 0.2) is 0 Å². The lowest BCUT2D eigenvalue weighted by atomic mass is 9.98. The van der Waals surface area contributed by atoms with Crippen molar-refractivity contribution in [3.05, 3.63) is 29.8 Å². The van der Waals surface area contributed by atoms with E-state index in [2.05, 4.69) is 29.2 Å². The molecular weight excluding hydrogens is 238 g/mol. The number of fused-ring (bicyclic) bond motifs is 1. The molecule has 2 heterocycles. The van der Waals surface area contributed by atoms with E-state index in [-0.39, 0.29) is 6.61 Å². The lowest BCUT2D eigenvalue weighted by molar-refractivity contribution is 0.0682. The van der Waals surface area contributed by atoms with Crippen molar-refractivity contribution >= 4 is 5.69 Å². The number of hydrogen-bond acceptors (Lipinski definition) is 3. The zero-order valence-electron chi connectivity index (χ0n) is 11.4. The van der Waals surface area contributed by atoms with Crippen molar-refractivity contribution < 1.29 is 9.84 Å². The van der Waals surface area contributed by atoms with Crippen LogP contribution in [0.2, 0.25) is 0 Å². The van der Waals surface area contributed by atoms with E-state index in [4.69, 9.17) is 4.74 Å². The van der Waals surface area contributed by atoms with E-state index < -0.39 is 0 Å². The topological polar surface area (TPSA) is 32.7 Å². The van der Waals surface area contributed by atoms with E-state index in [0.717, 1.165) is 38.6 Å². The van der Waals surface area contributed by atoms with Crippen LogP contribution in [0.3, 0.4) is 0 Å². The average molecular weight is 261 g/mol. The predicted molar refractivity (Wildman–Crippen MR) is 76.6 cm³/mol. The van der Waals surface area contributed by atoms with Crippen molar-refractivity contribution in [2.75, 3.05) is 37.8 Å². The largest absolute Gasteiger partial charge is 0.396 e. The molecule has 0 saturated carbocycles. The Balaban J connectivity index is 1.72. The Kier molecular flexibility index (Phi) is 4.04. The molecule has 3 heteroatoms. The predicted octanol–water partition coefficient (Wildman–Crippen LogP) is 2.40. The summed E-state index contributed by atoms with van der Waals surface area (Å²) in [5, 5.41) is 9.22. The molecule has 1 aromatic carbocycles. The molecule has 2 aliphatic rings. The maximum Gasteiger partial charge on any atom is 0.0469 e. The second-order valence-electron chi connectivity index (χ2n) is 5.73. The normalized spacial score (nSPS) is 23.6. The SMILES string of the molecule is OCCC1CN(CC2CCOCC2)c2ccccc21. The second kappa shape index (κ2) is 5.93. The monoisotopic (exact) mass is 261 g/mol. The van der Waals surface area contributed by atoms with Gasteiger partial charge in [0, 0.05) is 44.5 Å². The summed E-state index contributed by atoms with van der Waals surface area (Å²) in [4.78, 5) is 2.52. The Morgan fingerprint density at radius 2 is 2.00 bits per heavy atom. The number of aliphatic hydroxyl groups excluding tert-OH is 1. The first kappa shape index (κ1) is 12.9. The highest BCUT2D eigenvalue weighted by molar-refractivity contribution is 5.60. The first-order valence-corrected chi connectivity index (χ1v) is 7.41. The van der Waals surface area contributed by atoms with Crippen LogP contribution >= 0.6 is 0 Å². The molecule has 3 nitrogen and oxygen atoms in total. The Labute approximate surface area is 115 Å². The van der Waals surface area contributed by atoms with E-state index in [0.29, 0.717) is 5.92 Å². The van der Waals surface area contributed by atoms with Crippen molar-refractivity contribution in [3.8, 4) is 0 Å². The van der Waals surface area contributed by atoms with Gasteiger partial charge in [0.2, 0.25) is 0 Å². The van der Waals surface area contributed by atoms with Crippen molar-refractivity contribution in [1.82, 2.24) is 0 Å². The quantitative estimate of drug-likeness (QED) is 0.903. The Bertz CT molecular complexity index is 415. The molecule has 0 aromatic heterocycles. The van der Waals surface area contributed by atoms with Gasteiger partial charge in [-0.1, -0.05) is 18.2 Å². The van der Waals surface area contributed by atoms with Crippen LogP contribution in [0.1, 0.15) is 30.7 Å². The van der Waals surface area contributed by atoms with Crippen molar-refractivity contribution in [3.63, 3.8) is 0 Å². The zero-order chi connectivity index (χ0) is 13.1. The molecule has 0 bridgehead atoms. The first-order chi connectivity index (χ1) is 9.38. The minimum absolute atomic E-state index is 0.282. The van der Waals surface area contributed by atoms with Gasteiger partial charge in [0.25, 0.3) is 0 Å². The van der Waals surface area contributed by atoms with Gasteiger partial charge < -0.3 is 14.7 Å². The number of anilines is 1. The molecule has 1 fully saturated rings. The summed E-state index contributed by atoms with van der Waals surface area (Å²) in [6.45, 7) is 4.32. The molecule has 1 aromatic rings. The highest BCUT2D eigenvalue weighted by atomic mass is 16.5. The summed E-state index contributed by atoms with van der Waals surface area (Å²) in [5.41, 5.74) is 2.80. The van der Waals surface area contributed by atoms with E-state index in [1.54, 1.807) is 0 Å². The molecule has 19 heavy (non-hydrogen) atoms. The molecule has 0 amide bonds. The highest BCUT2D eigenvalue weighted by Gasteiger charge is 2.29. The Hall–Kier alpha value is -1.06. The van der Waals surface area contributed by atoms with Crippen LogP contribution in [0.4, 0.5) is 5.69 Å². The molecule has 0 spiro atoms. The zero-order valence-corrected chi connectivity index (χ0v) is 11.4.